The van der Waals surface area contributed by atoms with E-state index in [4.69, 9.17) is 52.1 Å². The van der Waals surface area contributed by atoms with Crippen LogP contribution in [0.3, 0.4) is 0 Å². The maximum absolute atomic E-state index is 14.4. The predicted molar refractivity (Wildman–Crippen MR) is 295 cm³/mol. The molecule has 17 heteroatoms. The van der Waals surface area contributed by atoms with Gasteiger partial charge in [0, 0.05) is 33.5 Å². The Morgan fingerprint density at radius 2 is 0.901 bits per heavy atom. The first-order chi connectivity index (χ1) is 39.6. The molecule has 1 amide bonds. The van der Waals surface area contributed by atoms with Crippen molar-refractivity contribution in [3.63, 3.8) is 0 Å². The molecule has 0 aromatic heterocycles. The van der Waals surface area contributed by atoms with Crippen molar-refractivity contribution >= 4 is 24.0 Å². The Kier molecular flexibility index (Phi) is 23.3. The Labute approximate surface area is 472 Å². The summed E-state index contributed by atoms with van der Waals surface area (Å²) >= 11 is 0. The van der Waals surface area contributed by atoms with Crippen LogP contribution in [0.4, 0.5) is 4.79 Å². The first-order valence-corrected chi connectivity index (χ1v) is 27.3. The number of carbonyl (C=O) groups excluding carboxylic acids is 4. The molecule has 0 saturated carbocycles. The molecule has 2 aliphatic rings. The molecule has 2 fully saturated rings. The Morgan fingerprint density at radius 1 is 0.457 bits per heavy atom. The molecule has 6 aromatic rings. The maximum Gasteiger partial charge on any atom is 0.410 e. The van der Waals surface area contributed by atoms with Gasteiger partial charge in [0.2, 0.25) is 0 Å². The summed E-state index contributed by atoms with van der Waals surface area (Å²) in [5, 5.41) is 12.5. The second-order valence-electron chi connectivity index (χ2n) is 19.7. The second kappa shape index (κ2) is 31.6. The van der Waals surface area contributed by atoms with E-state index in [9.17, 15) is 24.3 Å². The van der Waals surface area contributed by atoms with Crippen molar-refractivity contribution in [3.05, 3.63) is 215 Å². The number of hydrogen-bond donors (Lipinski definition) is 1. The van der Waals surface area contributed by atoms with Crippen molar-refractivity contribution in [2.45, 2.75) is 127 Å². The summed E-state index contributed by atoms with van der Waals surface area (Å²) < 4.78 is 70.2. The summed E-state index contributed by atoms with van der Waals surface area (Å²) in [7, 11) is 0. The molecule has 17 nitrogen and oxygen atoms in total. The van der Waals surface area contributed by atoms with Gasteiger partial charge in [0.1, 0.15) is 56.4 Å². The van der Waals surface area contributed by atoms with E-state index in [-0.39, 0.29) is 51.8 Å². The van der Waals surface area contributed by atoms with Crippen molar-refractivity contribution in [2.75, 3.05) is 26.4 Å². The minimum Gasteiger partial charge on any atom is -0.463 e. The number of carbonyl (C=O) groups is 4. The standard InChI is InChI=1S/C64H71NO16/c1-45(66)72-43-53-56(74-39-48-26-12-4-13-27-48)55(68)58(76-41-50-30-16-6-17-31-50)63(79-53)81-60-59(80-61(69)52-34-20-8-21-35-52)57(75-40-49-28-14-5-15-29-49)54(44-73-46(2)67)78-62(60)71-37-23-9-22-36-65(38-47-24-10-3-11-25-47)64(70)77-42-51-32-18-7-19-33-51/h3-8,10-21,24-35,53-60,62-63,68H,9,22-23,36-44H2,1-2H3/t53-,54-,55+,56-,57-,58-,59+,60-,62+,63-/m1/s1. The summed E-state index contributed by atoms with van der Waals surface area (Å²) in [5.74, 6) is -1.92. The monoisotopic (exact) mass is 1110 g/mol. The van der Waals surface area contributed by atoms with E-state index < -0.39 is 85.4 Å². The zero-order valence-electron chi connectivity index (χ0n) is 45.6. The van der Waals surface area contributed by atoms with Crippen LogP contribution in [0.1, 0.15) is 71.3 Å². The van der Waals surface area contributed by atoms with Crippen LogP contribution in [0.5, 0.6) is 0 Å². The Hall–Kier alpha value is -7.32. The molecule has 6 aromatic carbocycles. The molecule has 428 valence electrons. The highest BCUT2D eigenvalue weighted by Crippen LogP contribution is 2.36. The van der Waals surface area contributed by atoms with Gasteiger partial charge >= 0.3 is 24.0 Å². The van der Waals surface area contributed by atoms with Gasteiger partial charge in [-0.3, -0.25) is 9.59 Å². The maximum atomic E-state index is 14.4. The summed E-state index contributed by atoms with van der Waals surface area (Å²) in [6, 6.07) is 55.6. The molecule has 0 spiro atoms. The molecular weight excluding hydrogens is 1040 g/mol. The van der Waals surface area contributed by atoms with E-state index in [1.807, 2.05) is 152 Å². The van der Waals surface area contributed by atoms with Crippen LogP contribution in [0.15, 0.2) is 182 Å². The van der Waals surface area contributed by atoms with Gasteiger partial charge in [-0.1, -0.05) is 170 Å². The SMILES string of the molecule is CC(=O)OC[C@H]1O[C@H](O[C@H]2[C@@H](OCCCCCN(Cc3ccccc3)C(=O)OCc3ccccc3)O[C@H](COC(C)=O)[C@@H](OCc3ccccc3)[C@@H]2OC(=O)c2ccccc2)[C@H](OCc2ccccc2)[C@@H](O)[C@@H]1OCc1ccccc1. The molecule has 2 aliphatic heterocycles. The average Bonchev–Trinajstić information content (AvgIpc) is 3.69. The minimum atomic E-state index is -1.50. The smallest absolute Gasteiger partial charge is 0.410 e. The highest BCUT2D eigenvalue weighted by molar-refractivity contribution is 5.89. The first kappa shape index (κ1) is 59.8. The number of ether oxygens (including phenoxy) is 11. The van der Waals surface area contributed by atoms with Crippen LogP contribution in [0.2, 0.25) is 0 Å². The lowest BCUT2D eigenvalue weighted by atomic mass is 9.96. The molecule has 1 N–H and O–H groups in total. The van der Waals surface area contributed by atoms with Crippen molar-refractivity contribution in [1.29, 1.82) is 0 Å². The fourth-order valence-corrected chi connectivity index (χ4v) is 9.40. The third-order valence-corrected chi connectivity index (χ3v) is 13.5. The summed E-state index contributed by atoms with van der Waals surface area (Å²) in [6.45, 7) is 2.86. The number of aliphatic hydroxyl groups excluding tert-OH is 1. The van der Waals surface area contributed by atoms with Crippen LogP contribution in [0.25, 0.3) is 0 Å². The lowest BCUT2D eigenvalue weighted by Crippen LogP contribution is -2.66. The topological polar surface area (TPSA) is 193 Å². The second-order valence-corrected chi connectivity index (χ2v) is 19.7. The van der Waals surface area contributed by atoms with Crippen LogP contribution in [-0.2, 0) is 94.7 Å². The third kappa shape index (κ3) is 18.6. The van der Waals surface area contributed by atoms with Gasteiger partial charge in [0.15, 0.2) is 24.8 Å². The number of aliphatic hydroxyl groups is 1. The average molecular weight is 1110 g/mol. The molecule has 0 radical (unpaired) electrons. The number of esters is 3. The highest BCUT2D eigenvalue weighted by Gasteiger charge is 2.55. The molecule has 8 rings (SSSR count). The Balaban J connectivity index is 1.10. The summed E-state index contributed by atoms with van der Waals surface area (Å²) in [4.78, 5) is 54.6. The van der Waals surface area contributed by atoms with Crippen LogP contribution >= 0.6 is 0 Å². The largest absolute Gasteiger partial charge is 0.463 e. The Morgan fingerprint density at radius 3 is 1.42 bits per heavy atom. The normalized spacial score (nSPS) is 22.5. The third-order valence-electron chi connectivity index (χ3n) is 13.5. The van der Waals surface area contributed by atoms with E-state index >= 15 is 0 Å². The van der Waals surface area contributed by atoms with E-state index in [0.29, 0.717) is 32.4 Å². The number of rotatable bonds is 28. The molecule has 2 heterocycles. The first-order valence-electron chi connectivity index (χ1n) is 27.3. The van der Waals surface area contributed by atoms with Crippen molar-refractivity contribution in [2.24, 2.45) is 0 Å². The number of amides is 1. The summed E-state index contributed by atoms with van der Waals surface area (Å²) in [6.07, 6.45) is -11.8. The molecule has 0 unspecified atom stereocenters. The fourth-order valence-electron chi connectivity index (χ4n) is 9.40. The van der Waals surface area contributed by atoms with Crippen molar-refractivity contribution in [1.82, 2.24) is 4.90 Å². The highest BCUT2D eigenvalue weighted by atomic mass is 16.8. The van der Waals surface area contributed by atoms with Gasteiger partial charge in [-0.15, -0.1) is 0 Å². The number of benzene rings is 6. The number of nitrogens with zero attached hydrogens (tertiary/aromatic N) is 1. The zero-order valence-corrected chi connectivity index (χ0v) is 45.6. The zero-order chi connectivity index (χ0) is 56.6. The Bertz CT molecular complexity index is 2800. The van der Waals surface area contributed by atoms with E-state index in [1.54, 1.807) is 35.2 Å². The van der Waals surface area contributed by atoms with E-state index in [2.05, 4.69) is 0 Å². The van der Waals surface area contributed by atoms with Crippen LogP contribution in [-0.4, -0.2) is 122 Å². The van der Waals surface area contributed by atoms with Gasteiger partial charge in [-0.05, 0) is 59.2 Å². The molecule has 2 saturated heterocycles. The molecular formula is C64H71NO16. The van der Waals surface area contributed by atoms with E-state index in [0.717, 1.165) is 27.8 Å². The van der Waals surface area contributed by atoms with Gasteiger partial charge < -0.3 is 62.1 Å². The van der Waals surface area contributed by atoms with Gasteiger partial charge in [0.25, 0.3) is 0 Å². The molecule has 0 bridgehead atoms. The van der Waals surface area contributed by atoms with Gasteiger partial charge in [-0.2, -0.15) is 0 Å². The molecule has 0 aliphatic carbocycles. The molecule has 10 atom stereocenters. The van der Waals surface area contributed by atoms with Crippen molar-refractivity contribution < 1.29 is 76.4 Å². The van der Waals surface area contributed by atoms with Crippen LogP contribution < -0.4 is 0 Å². The quantitative estimate of drug-likeness (QED) is 0.0277. The molecule has 81 heavy (non-hydrogen) atoms. The predicted octanol–water partition coefficient (Wildman–Crippen LogP) is 9.32. The lowest BCUT2D eigenvalue weighted by molar-refractivity contribution is -0.375. The van der Waals surface area contributed by atoms with E-state index in [1.165, 1.54) is 13.8 Å². The van der Waals surface area contributed by atoms with Gasteiger partial charge in [0.05, 0.1) is 25.4 Å². The minimum absolute atomic E-state index is 0.000117. The van der Waals surface area contributed by atoms with Gasteiger partial charge in [-0.25, -0.2) is 9.59 Å². The number of unbranched alkanes of at least 4 members (excludes halogenated alkanes) is 2. The summed E-state index contributed by atoms with van der Waals surface area (Å²) in [5.41, 5.74) is 4.41. The lowest BCUT2D eigenvalue weighted by Gasteiger charge is -2.49. The fraction of sp³-hybridized carbons (Fsp3) is 0.375. The van der Waals surface area contributed by atoms with Crippen molar-refractivity contribution in [3.8, 4) is 0 Å². The number of hydrogen-bond acceptors (Lipinski definition) is 16. The van der Waals surface area contributed by atoms with Crippen LogP contribution in [0, 0.1) is 0 Å².